The standard InChI is InChI=1S/C19H23NO4/c1-12(17(21)20-11-19(2,3)18(22)23)13-5-6-15-10-16(24-4)8-7-14(15)9-13/h5-10,12H,11H2,1-4H3,(H,20,21)(H,22,23)/t12-/m0/s1. The molecule has 0 heterocycles. The maximum Gasteiger partial charge on any atom is 0.310 e. The van der Waals surface area contributed by atoms with E-state index < -0.39 is 11.4 Å². The molecule has 2 aromatic rings. The third-order valence-electron chi connectivity index (χ3n) is 4.25. The van der Waals surface area contributed by atoms with Crippen LogP contribution in [0.1, 0.15) is 32.3 Å². The second-order valence-corrected chi connectivity index (χ2v) is 6.60. The van der Waals surface area contributed by atoms with E-state index in [1.165, 1.54) is 0 Å². The average molecular weight is 329 g/mol. The second kappa shape index (κ2) is 6.91. The Morgan fingerprint density at radius 1 is 1.17 bits per heavy atom. The van der Waals surface area contributed by atoms with Crippen molar-refractivity contribution in [1.29, 1.82) is 0 Å². The zero-order valence-corrected chi connectivity index (χ0v) is 14.4. The maximum atomic E-state index is 12.3. The minimum absolute atomic E-state index is 0.0935. The number of fused-ring (bicyclic) bond motifs is 1. The molecule has 0 aromatic heterocycles. The van der Waals surface area contributed by atoms with E-state index in [9.17, 15) is 9.59 Å². The number of carbonyl (C=O) groups excluding carboxylic acids is 1. The van der Waals surface area contributed by atoms with Gasteiger partial charge in [0.15, 0.2) is 0 Å². The largest absolute Gasteiger partial charge is 0.497 e. The van der Waals surface area contributed by atoms with Gasteiger partial charge in [-0.1, -0.05) is 24.3 Å². The molecule has 0 aliphatic rings. The number of amides is 1. The van der Waals surface area contributed by atoms with E-state index in [-0.39, 0.29) is 18.4 Å². The van der Waals surface area contributed by atoms with Crippen LogP contribution in [-0.4, -0.2) is 30.6 Å². The first-order valence-electron chi connectivity index (χ1n) is 7.83. The summed E-state index contributed by atoms with van der Waals surface area (Å²) in [6.45, 7) is 5.08. The molecule has 1 atom stereocenters. The van der Waals surface area contributed by atoms with Gasteiger partial charge in [-0.25, -0.2) is 0 Å². The van der Waals surface area contributed by atoms with Crippen molar-refractivity contribution < 1.29 is 19.4 Å². The number of aliphatic carboxylic acids is 1. The fraction of sp³-hybridized carbons (Fsp3) is 0.368. The lowest BCUT2D eigenvalue weighted by atomic mass is 9.92. The van der Waals surface area contributed by atoms with Crippen molar-refractivity contribution >= 4 is 22.6 Å². The van der Waals surface area contributed by atoms with Crippen molar-refractivity contribution in [3.63, 3.8) is 0 Å². The monoisotopic (exact) mass is 329 g/mol. The topological polar surface area (TPSA) is 75.6 Å². The van der Waals surface area contributed by atoms with Gasteiger partial charge in [-0.05, 0) is 49.2 Å². The van der Waals surface area contributed by atoms with E-state index in [1.807, 2.05) is 43.3 Å². The van der Waals surface area contributed by atoms with E-state index in [1.54, 1.807) is 21.0 Å². The molecule has 0 bridgehead atoms. The predicted octanol–water partition coefficient (Wildman–Crippen LogP) is 3.18. The van der Waals surface area contributed by atoms with Gasteiger partial charge in [0.05, 0.1) is 18.4 Å². The molecule has 1 amide bonds. The van der Waals surface area contributed by atoms with Crippen LogP contribution in [0, 0.1) is 5.41 Å². The number of hydrogen-bond donors (Lipinski definition) is 2. The first kappa shape index (κ1) is 17.8. The van der Waals surface area contributed by atoms with E-state index >= 15 is 0 Å². The van der Waals surface area contributed by atoms with Gasteiger partial charge in [-0.2, -0.15) is 0 Å². The molecule has 5 heteroatoms. The van der Waals surface area contributed by atoms with Crippen LogP contribution in [0.3, 0.4) is 0 Å². The first-order chi connectivity index (χ1) is 11.2. The number of hydrogen-bond acceptors (Lipinski definition) is 3. The van der Waals surface area contributed by atoms with Crippen LogP contribution in [0.5, 0.6) is 5.75 Å². The Labute approximate surface area is 141 Å². The van der Waals surface area contributed by atoms with Gasteiger partial charge < -0.3 is 15.2 Å². The highest BCUT2D eigenvalue weighted by Crippen LogP contribution is 2.25. The average Bonchev–Trinajstić information content (AvgIpc) is 2.57. The van der Waals surface area contributed by atoms with Gasteiger partial charge >= 0.3 is 5.97 Å². The minimum Gasteiger partial charge on any atom is -0.497 e. The third-order valence-corrected chi connectivity index (χ3v) is 4.25. The summed E-state index contributed by atoms with van der Waals surface area (Å²) in [6.07, 6.45) is 0. The van der Waals surface area contributed by atoms with E-state index in [0.717, 1.165) is 22.1 Å². The summed E-state index contributed by atoms with van der Waals surface area (Å²) in [5.41, 5.74) is -0.103. The lowest BCUT2D eigenvalue weighted by Gasteiger charge is -2.21. The van der Waals surface area contributed by atoms with Crippen molar-refractivity contribution in [3.05, 3.63) is 42.0 Å². The summed E-state index contributed by atoms with van der Waals surface area (Å²) >= 11 is 0. The number of ether oxygens (including phenoxy) is 1. The van der Waals surface area contributed by atoms with Gasteiger partial charge in [0.2, 0.25) is 5.91 Å². The molecule has 0 radical (unpaired) electrons. The number of rotatable bonds is 6. The van der Waals surface area contributed by atoms with Gasteiger partial charge in [-0.3, -0.25) is 9.59 Å². The van der Waals surface area contributed by atoms with Gasteiger partial charge in [0.1, 0.15) is 5.75 Å². The summed E-state index contributed by atoms with van der Waals surface area (Å²) in [6, 6.07) is 11.6. The zero-order chi connectivity index (χ0) is 17.9. The van der Waals surface area contributed by atoms with Crippen molar-refractivity contribution in [2.24, 2.45) is 5.41 Å². The zero-order valence-electron chi connectivity index (χ0n) is 14.4. The molecule has 0 spiro atoms. The van der Waals surface area contributed by atoms with Crippen molar-refractivity contribution in [2.75, 3.05) is 13.7 Å². The minimum atomic E-state index is -0.991. The predicted molar refractivity (Wildman–Crippen MR) is 93.3 cm³/mol. The summed E-state index contributed by atoms with van der Waals surface area (Å²) in [4.78, 5) is 23.4. The van der Waals surface area contributed by atoms with E-state index in [2.05, 4.69) is 5.32 Å². The lowest BCUT2D eigenvalue weighted by molar-refractivity contribution is -0.146. The SMILES string of the molecule is COc1ccc2cc([C@H](C)C(=O)NCC(C)(C)C(=O)O)ccc2c1. The molecule has 2 N–H and O–H groups in total. The Morgan fingerprint density at radius 3 is 2.42 bits per heavy atom. The van der Waals surface area contributed by atoms with Crippen LogP contribution in [0.25, 0.3) is 10.8 Å². The first-order valence-corrected chi connectivity index (χ1v) is 7.83. The molecule has 0 saturated carbocycles. The number of carboxylic acids is 1. The summed E-state index contributed by atoms with van der Waals surface area (Å²) < 4.78 is 5.21. The molecule has 0 saturated heterocycles. The highest BCUT2D eigenvalue weighted by Gasteiger charge is 2.28. The van der Waals surface area contributed by atoms with Crippen molar-refractivity contribution in [1.82, 2.24) is 5.32 Å². The molecular weight excluding hydrogens is 306 g/mol. The number of benzene rings is 2. The van der Waals surface area contributed by atoms with E-state index in [4.69, 9.17) is 9.84 Å². The highest BCUT2D eigenvalue weighted by molar-refractivity contribution is 5.88. The highest BCUT2D eigenvalue weighted by atomic mass is 16.5. The Bertz CT molecular complexity index is 767. The third kappa shape index (κ3) is 3.85. The smallest absolute Gasteiger partial charge is 0.310 e. The maximum absolute atomic E-state index is 12.3. The summed E-state index contributed by atoms with van der Waals surface area (Å²) in [5.74, 6) is -0.690. The molecular formula is C19H23NO4. The second-order valence-electron chi connectivity index (χ2n) is 6.60. The number of methoxy groups -OCH3 is 1. The Balaban J connectivity index is 2.14. The molecule has 0 unspecified atom stereocenters. The van der Waals surface area contributed by atoms with Crippen molar-refractivity contribution in [2.45, 2.75) is 26.7 Å². The quantitative estimate of drug-likeness (QED) is 0.853. The number of carbonyl (C=O) groups is 2. The van der Waals surface area contributed by atoms with Crippen LogP contribution in [0.4, 0.5) is 0 Å². The number of carboxylic acid groups (broad SMARTS) is 1. The van der Waals surface area contributed by atoms with Crippen LogP contribution in [-0.2, 0) is 9.59 Å². The summed E-state index contributed by atoms with van der Waals surface area (Å²) in [7, 11) is 1.63. The van der Waals surface area contributed by atoms with E-state index in [0.29, 0.717) is 0 Å². The Hall–Kier alpha value is -2.56. The Morgan fingerprint density at radius 2 is 1.79 bits per heavy atom. The molecule has 2 rings (SSSR count). The van der Waals surface area contributed by atoms with Crippen LogP contribution < -0.4 is 10.1 Å². The van der Waals surface area contributed by atoms with Gasteiger partial charge in [-0.15, -0.1) is 0 Å². The fourth-order valence-corrected chi connectivity index (χ4v) is 2.33. The molecule has 0 aliphatic carbocycles. The van der Waals surface area contributed by atoms with Crippen molar-refractivity contribution in [3.8, 4) is 5.75 Å². The normalized spacial score (nSPS) is 12.7. The molecule has 5 nitrogen and oxygen atoms in total. The Kier molecular flexibility index (Phi) is 5.12. The number of nitrogens with one attached hydrogen (secondary N) is 1. The summed E-state index contributed by atoms with van der Waals surface area (Å²) in [5, 5.41) is 13.9. The van der Waals surface area contributed by atoms with Gasteiger partial charge in [0, 0.05) is 6.54 Å². The molecule has 0 fully saturated rings. The molecule has 0 aliphatic heterocycles. The van der Waals surface area contributed by atoms with Crippen LogP contribution in [0.15, 0.2) is 36.4 Å². The fourth-order valence-electron chi connectivity index (χ4n) is 2.33. The molecule has 24 heavy (non-hydrogen) atoms. The van der Waals surface area contributed by atoms with Crippen LogP contribution >= 0.6 is 0 Å². The molecule has 128 valence electrons. The van der Waals surface area contributed by atoms with Gasteiger partial charge in [0.25, 0.3) is 0 Å². The lowest BCUT2D eigenvalue weighted by Crippen LogP contribution is -2.40. The van der Waals surface area contributed by atoms with Crippen LogP contribution in [0.2, 0.25) is 0 Å². The molecule has 2 aromatic carbocycles.